The molecule has 3 atom stereocenters. The average Bonchev–Trinajstić information content (AvgIpc) is 3.31. The SMILES string of the molecule is CCNC(=O)c1cnc(Nc2cc3cc(-c4cc(C)ncc4OC4C[C@H]5COC[C@@H](C4)N5)ccn3n2)cn1. The van der Waals surface area contributed by atoms with Gasteiger partial charge in [-0.1, -0.05) is 0 Å². The number of rotatable bonds is 7. The van der Waals surface area contributed by atoms with E-state index in [1.54, 1.807) is 4.52 Å². The van der Waals surface area contributed by atoms with Crippen LogP contribution in [0.25, 0.3) is 16.6 Å². The molecule has 1 amide bonds. The third kappa shape index (κ3) is 5.15. The Hall–Kier alpha value is -4.09. The fourth-order valence-electron chi connectivity index (χ4n) is 5.04. The normalized spacial score (nSPS) is 20.7. The molecule has 38 heavy (non-hydrogen) atoms. The van der Waals surface area contributed by atoms with Crippen molar-refractivity contribution in [3.63, 3.8) is 0 Å². The smallest absolute Gasteiger partial charge is 0.271 e. The van der Waals surface area contributed by atoms with Gasteiger partial charge in [0.1, 0.15) is 23.4 Å². The molecule has 1 unspecified atom stereocenters. The van der Waals surface area contributed by atoms with Crippen LogP contribution < -0.4 is 20.7 Å². The Morgan fingerprint density at radius 2 is 1.95 bits per heavy atom. The van der Waals surface area contributed by atoms with E-state index in [0.717, 1.165) is 54.1 Å². The van der Waals surface area contributed by atoms with Gasteiger partial charge in [0.2, 0.25) is 0 Å². The highest BCUT2D eigenvalue weighted by atomic mass is 16.5. The number of hydrogen-bond donors (Lipinski definition) is 3. The summed E-state index contributed by atoms with van der Waals surface area (Å²) in [5.74, 6) is 1.65. The van der Waals surface area contributed by atoms with E-state index in [9.17, 15) is 4.79 Å². The fraction of sp³-hybridized carbons (Fsp3) is 0.370. The zero-order chi connectivity index (χ0) is 26.1. The van der Waals surface area contributed by atoms with Crippen LogP contribution in [0.3, 0.4) is 0 Å². The van der Waals surface area contributed by atoms with E-state index in [1.807, 2.05) is 38.4 Å². The topological polar surface area (TPSA) is 128 Å². The molecule has 0 aliphatic carbocycles. The zero-order valence-electron chi connectivity index (χ0n) is 21.3. The molecule has 0 radical (unpaired) electrons. The van der Waals surface area contributed by atoms with Crippen molar-refractivity contribution in [2.45, 2.75) is 44.9 Å². The van der Waals surface area contributed by atoms with Crippen molar-refractivity contribution in [1.29, 1.82) is 0 Å². The molecular weight excluding hydrogens is 484 g/mol. The summed E-state index contributed by atoms with van der Waals surface area (Å²) < 4.78 is 14.0. The largest absolute Gasteiger partial charge is 0.488 e. The second kappa shape index (κ2) is 10.3. The Kier molecular flexibility index (Phi) is 6.61. The maximum absolute atomic E-state index is 11.9. The first-order valence-corrected chi connectivity index (χ1v) is 12.9. The second-order valence-corrected chi connectivity index (χ2v) is 9.72. The van der Waals surface area contributed by atoms with Crippen LogP contribution in [0.4, 0.5) is 11.6 Å². The number of piperidine rings is 1. The molecule has 0 spiro atoms. The summed E-state index contributed by atoms with van der Waals surface area (Å²) in [6, 6.07) is 8.76. The minimum absolute atomic E-state index is 0.119. The van der Waals surface area contributed by atoms with Gasteiger partial charge >= 0.3 is 0 Å². The van der Waals surface area contributed by atoms with Gasteiger partial charge in [0.25, 0.3) is 5.91 Å². The molecule has 11 heteroatoms. The summed E-state index contributed by atoms with van der Waals surface area (Å²) >= 11 is 0. The predicted octanol–water partition coefficient (Wildman–Crippen LogP) is 2.89. The first-order valence-electron chi connectivity index (χ1n) is 12.9. The lowest BCUT2D eigenvalue weighted by Crippen LogP contribution is -2.56. The molecule has 0 aromatic carbocycles. The van der Waals surface area contributed by atoms with Gasteiger partial charge in [-0.05, 0) is 37.6 Å². The van der Waals surface area contributed by atoms with Crippen LogP contribution in [-0.4, -0.2) is 68.4 Å². The monoisotopic (exact) mass is 514 g/mol. The molecule has 2 aliphatic rings. The quantitative estimate of drug-likeness (QED) is 0.341. The van der Waals surface area contributed by atoms with Crippen LogP contribution in [0.2, 0.25) is 0 Å². The average molecular weight is 515 g/mol. The molecule has 2 saturated heterocycles. The number of anilines is 2. The molecule has 0 saturated carbocycles. The molecule has 4 aromatic rings. The van der Waals surface area contributed by atoms with Gasteiger partial charge in [0.05, 0.1) is 37.3 Å². The Morgan fingerprint density at radius 3 is 2.71 bits per heavy atom. The minimum atomic E-state index is -0.251. The van der Waals surface area contributed by atoms with Gasteiger partial charge in [0, 0.05) is 55.0 Å². The number of ether oxygens (including phenoxy) is 2. The molecule has 6 heterocycles. The van der Waals surface area contributed by atoms with Crippen LogP contribution >= 0.6 is 0 Å². The van der Waals surface area contributed by atoms with Crippen molar-refractivity contribution in [1.82, 2.24) is 35.2 Å². The Labute approximate surface area is 220 Å². The predicted molar refractivity (Wildman–Crippen MR) is 142 cm³/mol. The molecule has 2 bridgehead atoms. The lowest BCUT2D eigenvalue weighted by atomic mass is 9.94. The van der Waals surface area contributed by atoms with Crippen molar-refractivity contribution in [2.75, 3.05) is 25.1 Å². The van der Waals surface area contributed by atoms with Crippen LogP contribution in [-0.2, 0) is 4.74 Å². The number of aryl methyl sites for hydroxylation is 1. The number of nitrogens with one attached hydrogen (secondary N) is 3. The highest BCUT2D eigenvalue weighted by Gasteiger charge is 2.33. The molecule has 2 fully saturated rings. The Balaban J connectivity index is 1.22. The Morgan fingerprint density at radius 1 is 1.11 bits per heavy atom. The summed E-state index contributed by atoms with van der Waals surface area (Å²) in [6.07, 6.45) is 8.65. The number of fused-ring (bicyclic) bond motifs is 3. The van der Waals surface area contributed by atoms with E-state index in [-0.39, 0.29) is 17.7 Å². The number of hydrogen-bond acceptors (Lipinski definition) is 9. The molecule has 6 rings (SSSR count). The summed E-state index contributed by atoms with van der Waals surface area (Å²) in [4.78, 5) is 24.9. The standard InChI is InChI=1S/C27H30N8O3/c1-3-28-27(36)23-11-31-26(13-30-23)33-25-10-20-7-17(4-5-35(20)34-25)22-6-16(2)29-12-24(22)38-21-8-18-14-37-15-19(9-21)32-18/h4-7,10-13,18-19,21,32H,3,8-9,14-15H2,1-2H3,(H,28,36)(H,31,33,34)/t18-,19+,21?. The third-order valence-electron chi connectivity index (χ3n) is 6.75. The molecule has 2 aliphatic heterocycles. The van der Waals surface area contributed by atoms with Crippen LogP contribution in [0.15, 0.2) is 49.1 Å². The highest BCUT2D eigenvalue weighted by Crippen LogP contribution is 2.34. The summed E-state index contributed by atoms with van der Waals surface area (Å²) in [6.45, 7) is 5.83. The minimum Gasteiger partial charge on any atom is -0.488 e. The number of carbonyl (C=O) groups is 1. The van der Waals surface area contributed by atoms with Gasteiger partial charge in [-0.2, -0.15) is 5.10 Å². The number of nitrogens with zero attached hydrogens (tertiary/aromatic N) is 5. The van der Waals surface area contributed by atoms with Gasteiger partial charge < -0.3 is 25.4 Å². The van der Waals surface area contributed by atoms with Crippen LogP contribution in [0.1, 0.15) is 35.9 Å². The van der Waals surface area contributed by atoms with Crippen LogP contribution in [0, 0.1) is 6.92 Å². The zero-order valence-corrected chi connectivity index (χ0v) is 21.3. The third-order valence-corrected chi connectivity index (χ3v) is 6.75. The summed E-state index contributed by atoms with van der Waals surface area (Å²) in [5.41, 5.74) is 4.12. The van der Waals surface area contributed by atoms with Crippen molar-refractivity contribution >= 4 is 23.1 Å². The van der Waals surface area contributed by atoms with Gasteiger partial charge in [-0.25, -0.2) is 14.5 Å². The van der Waals surface area contributed by atoms with Gasteiger partial charge in [-0.3, -0.25) is 9.78 Å². The summed E-state index contributed by atoms with van der Waals surface area (Å²) in [5, 5.41) is 14.1. The van der Waals surface area contributed by atoms with Crippen molar-refractivity contribution in [2.24, 2.45) is 0 Å². The first-order chi connectivity index (χ1) is 18.5. The van der Waals surface area contributed by atoms with E-state index >= 15 is 0 Å². The number of carbonyl (C=O) groups excluding carboxylic acids is 1. The lowest BCUT2D eigenvalue weighted by molar-refractivity contribution is -0.0122. The maximum atomic E-state index is 11.9. The molecule has 196 valence electrons. The van der Waals surface area contributed by atoms with Crippen LogP contribution in [0.5, 0.6) is 5.75 Å². The van der Waals surface area contributed by atoms with E-state index in [0.29, 0.717) is 30.3 Å². The molecular formula is C27H30N8O3. The number of morpholine rings is 1. The van der Waals surface area contributed by atoms with Crippen molar-refractivity contribution in [3.05, 3.63) is 60.4 Å². The van der Waals surface area contributed by atoms with E-state index in [4.69, 9.17) is 9.47 Å². The van der Waals surface area contributed by atoms with Crippen molar-refractivity contribution in [3.8, 4) is 16.9 Å². The lowest BCUT2D eigenvalue weighted by Gasteiger charge is -2.40. The van der Waals surface area contributed by atoms with Crippen molar-refractivity contribution < 1.29 is 14.3 Å². The second-order valence-electron chi connectivity index (χ2n) is 9.72. The number of amides is 1. The molecule has 4 aromatic heterocycles. The molecule has 11 nitrogen and oxygen atoms in total. The van der Waals surface area contributed by atoms with Gasteiger partial charge in [0.15, 0.2) is 5.82 Å². The highest BCUT2D eigenvalue weighted by molar-refractivity contribution is 5.92. The number of aromatic nitrogens is 5. The van der Waals surface area contributed by atoms with E-state index in [1.165, 1.54) is 12.4 Å². The van der Waals surface area contributed by atoms with Gasteiger partial charge in [-0.15, -0.1) is 0 Å². The number of pyridine rings is 2. The molecule has 3 N–H and O–H groups in total. The van der Waals surface area contributed by atoms with E-state index < -0.39 is 0 Å². The van der Waals surface area contributed by atoms with E-state index in [2.05, 4.69) is 48.1 Å². The fourth-order valence-corrected chi connectivity index (χ4v) is 5.04. The summed E-state index contributed by atoms with van der Waals surface area (Å²) in [7, 11) is 0. The maximum Gasteiger partial charge on any atom is 0.271 e. The first kappa shape index (κ1) is 24.3. The Bertz CT molecular complexity index is 1440.